The quantitative estimate of drug-likeness (QED) is 0.490. The third-order valence-corrected chi connectivity index (χ3v) is 7.32. The lowest BCUT2D eigenvalue weighted by Crippen LogP contribution is -2.20. The second-order valence-corrected chi connectivity index (χ2v) is 8.64. The standard InChI is InChI=1S/C12H17Br2O2PS/c1-10(8-13)15-17(18,16-11(2)9-14)12-6-4-3-5-7-12/h3-7,10-11H,8-9H2,1-2H3. The number of benzene rings is 1. The lowest BCUT2D eigenvalue weighted by atomic mass is 10.4. The molecule has 6 heteroatoms. The Morgan fingerprint density at radius 2 is 1.50 bits per heavy atom. The average molecular weight is 416 g/mol. The Balaban J connectivity index is 2.98. The van der Waals surface area contributed by atoms with Gasteiger partial charge in [-0.05, 0) is 37.8 Å². The molecule has 0 radical (unpaired) electrons. The van der Waals surface area contributed by atoms with Crippen LogP contribution in [0.15, 0.2) is 30.3 Å². The van der Waals surface area contributed by atoms with E-state index in [1.54, 1.807) is 0 Å². The molecule has 1 aromatic carbocycles. The molecule has 0 spiro atoms. The van der Waals surface area contributed by atoms with E-state index < -0.39 is 6.49 Å². The minimum absolute atomic E-state index is 0.0264. The van der Waals surface area contributed by atoms with E-state index in [0.717, 1.165) is 16.0 Å². The molecule has 0 N–H and O–H groups in total. The lowest BCUT2D eigenvalue weighted by Gasteiger charge is -2.28. The molecule has 0 fully saturated rings. The van der Waals surface area contributed by atoms with E-state index in [1.807, 2.05) is 44.2 Å². The Bertz CT molecular complexity index is 386. The monoisotopic (exact) mass is 414 g/mol. The Labute approximate surface area is 131 Å². The molecule has 0 bridgehead atoms. The Hall–Kier alpha value is 0.750. The largest absolute Gasteiger partial charge is 0.322 e. The molecule has 0 aromatic heterocycles. The van der Waals surface area contributed by atoms with Gasteiger partial charge in [0, 0.05) is 16.0 Å². The molecule has 102 valence electrons. The highest BCUT2D eigenvalue weighted by Gasteiger charge is 2.26. The molecule has 1 rings (SSSR count). The zero-order valence-corrected chi connectivity index (χ0v) is 15.3. The van der Waals surface area contributed by atoms with Crippen molar-refractivity contribution in [1.29, 1.82) is 0 Å². The molecule has 0 aliphatic rings. The zero-order chi connectivity index (χ0) is 13.6. The average Bonchev–Trinajstić information content (AvgIpc) is 2.39. The summed E-state index contributed by atoms with van der Waals surface area (Å²) >= 11 is 12.5. The van der Waals surface area contributed by atoms with Gasteiger partial charge >= 0.3 is 0 Å². The van der Waals surface area contributed by atoms with Crippen LogP contribution in [0.3, 0.4) is 0 Å². The van der Waals surface area contributed by atoms with Crippen LogP contribution in [0.1, 0.15) is 13.8 Å². The summed E-state index contributed by atoms with van der Waals surface area (Å²) in [7, 11) is 0. The molecule has 0 saturated heterocycles. The molecule has 2 unspecified atom stereocenters. The van der Waals surface area contributed by atoms with Crippen LogP contribution in [0.4, 0.5) is 0 Å². The molecule has 0 heterocycles. The van der Waals surface area contributed by atoms with Gasteiger partial charge in [0.15, 0.2) is 0 Å². The van der Waals surface area contributed by atoms with Gasteiger partial charge in [-0.15, -0.1) is 0 Å². The molecule has 2 nitrogen and oxygen atoms in total. The zero-order valence-electron chi connectivity index (χ0n) is 10.4. The van der Waals surface area contributed by atoms with Gasteiger partial charge in [-0.2, -0.15) is 0 Å². The van der Waals surface area contributed by atoms with Gasteiger partial charge in [-0.1, -0.05) is 50.1 Å². The van der Waals surface area contributed by atoms with Gasteiger partial charge < -0.3 is 9.05 Å². The number of hydrogen-bond acceptors (Lipinski definition) is 3. The predicted molar refractivity (Wildman–Crippen MR) is 89.0 cm³/mol. The van der Waals surface area contributed by atoms with Gasteiger partial charge in [0.25, 0.3) is 0 Å². The van der Waals surface area contributed by atoms with Gasteiger partial charge in [-0.25, -0.2) is 0 Å². The maximum Gasteiger partial charge on any atom is 0.220 e. The van der Waals surface area contributed by atoms with Crippen molar-refractivity contribution in [2.24, 2.45) is 0 Å². The molecule has 0 aliphatic carbocycles. The molecular formula is C12H17Br2O2PS. The van der Waals surface area contributed by atoms with Crippen LogP contribution in [-0.2, 0) is 20.9 Å². The fraction of sp³-hybridized carbons (Fsp3) is 0.500. The minimum atomic E-state index is -2.44. The summed E-state index contributed by atoms with van der Waals surface area (Å²) < 4.78 is 12.0. The van der Waals surface area contributed by atoms with Crippen molar-refractivity contribution in [2.45, 2.75) is 26.1 Å². The van der Waals surface area contributed by atoms with Gasteiger partial charge in [-0.3, -0.25) is 0 Å². The van der Waals surface area contributed by atoms with Gasteiger partial charge in [0.1, 0.15) is 0 Å². The summed E-state index contributed by atoms with van der Waals surface area (Å²) in [4.78, 5) is 0. The fourth-order valence-corrected chi connectivity index (χ4v) is 5.13. The first-order valence-corrected chi connectivity index (χ1v) is 10.5. The van der Waals surface area contributed by atoms with Crippen LogP contribution in [-0.4, -0.2) is 22.9 Å². The molecule has 18 heavy (non-hydrogen) atoms. The summed E-state index contributed by atoms with van der Waals surface area (Å²) in [5, 5.41) is 2.44. The van der Waals surface area contributed by atoms with Crippen LogP contribution < -0.4 is 5.30 Å². The highest BCUT2D eigenvalue weighted by Crippen LogP contribution is 2.50. The molecule has 0 aliphatic heterocycles. The maximum atomic E-state index is 5.98. The van der Waals surface area contributed by atoms with E-state index >= 15 is 0 Å². The van der Waals surface area contributed by atoms with Crippen molar-refractivity contribution in [1.82, 2.24) is 0 Å². The van der Waals surface area contributed by atoms with E-state index in [-0.39, 0.29) is 12.2 Å². The maximum absolute atomic E-state index is 5.98. The van der Waals surface area contributed by atoms with Gasteiger partial charge in [0.05, 0.1) is 12.2 Å². The van der Waals surface area contributed by atoms with Crippen molar-refractivity contribution in [2.75, 3.05) is 10.7 Å². The number of alkyl halides is 2. The van der Waals surface area contributed by atoms with Crippen LogP contribution >= 0.6 is 38.4 Å². The summed E-state index contributed by atoms with van der Waals surface area (Å²) in [6.45, 7) is 1.53. The summed E-state index contributed by atoms with van der Waals surface area (Å²) in [6, 6.07) is 9.83. The summed E-state index contributed by atoms with van der Waals surface area (Å²) in [5.41, 5.74) is 0. The predicted octanol–water partition coefficient (Wildman–Crippen LogP) is 4.22. The number of halogens is 2. The van der Waals surface area contributed by atoms with E-state index in [4.69, 9.17) is 20.9 Å². The first kappa shape index (κ1) is 16.8. The van der Waals surface area contributed by atoms with Gasteiger partial charge in [0.2, 0.25) is 6.49 Å². The minimum Gasteiger partial charge on any atom is -0.322 e. The van der Waals surface area contributed by atoms with E-state index in [2.05, 4.69) is 31.9 Å². The second kappa shape index (κ2) is 8.13. The van der Waals surface area contributed by atoms with E-state index in [0.29, 0.717) is 0 Å². The van der Waals surface area contributed by atoms with Crippen molar-refractivity contribution >= 4 is 55.5 Å². The lowest BCUT2D eigenvalue weighted by molar-refractivity contribution is 0.187. The smallest absolute Gasteiger partial charge is 0.220 e. The third-order valence-electron chi connectivity index (χ3n) is 2.14. The van der Waals surface area contributed by atoms with E-state index in [9.17, 15) is 0 Å². The van der Waals surface area contributed by atoms with Crippen molar-refractivity contribution in [3.05, 3.63) is 30.3 Å². The normalized spacial score (nSPS) is 18.0. The Morgan fingerprint density at radius 1 is 1.06 bits per heavy atom. The number of rotatable bonds is 7. The summed E-state index contributed by atoms with van der Waals surface area (Å²) in [5.74, 6) is 0. The highest BCUT2D eigenvalue weighted by molar-refractivity contribution is 9.09. The number of hydrogen-bond donors (Lipinski definition) is 0. The first-order chi connectivity index (χ1) is 8.51. The molecular weight excluding hydrogens is 399 g/mol. The van der Waals surface area contributed by atoms with E-state index in [1.165, 1.54) is 0 Å². The molecule has 1 aromatic rings. The van der Waals surface area contributed by atoms with Crippen molar-refractivity contribution < 1.29 is 9.05 Å². The van der Waals surface area contributed by atoms with Crippen molar-refractivity contribution in [3.63, 3.8) is 0 Å². The molecule has 2 atom stereocenters. The Kier molecular flexibility index (Phi) is 7.59. The highest BCUT2D eigenvalue weighted by atomic mass is 79.9. The molecule has 0 amide bonds. The first-order valence-electron chi connectivity index (χ1n) is 5.66. The third kappa shape index (κ3) is 5.03. The Morgan fingerprint density at radius 3 is 1.89 bits per heavy atom. The topological polar surface area (TPSA) is 18.5 Å². The fourth-order valence-electron chi connectivity index (χ4n) is 1.29. The van der Waals surface area contributed by atoms with Crippen LogP contribution in [0.5, 0.6) is 0 Å². The SMILES string of the molecule is CC(CBr)OP(=S)(OC(C)CBr)c1ccccc1. The summed E-state index contributed by atoms with van der Waals surface area (Å²) in [6.07, 6.45) is 0.0529. The van der Waals surface area contributed by atoms with Crippen LogP contribution in [0.2, 0.25) is 0 Å². The van der Waals surface area contributed by atoms with Crippen LogP contribution in [0, 0.1) is 0 Å². The second-order valence-electron chi connectivity index (χ2n) is 3.97. The van der Waals surface area contributed by atoms with Crippen molar-refractivity contribution in [3.8, 4) is 0 Å². The van der Waals surface area contributed by atoms with Crippen LogP contribution in [0.25, 0.3) is 0 Å². The molecule has 0 saturated carbocycles.